The van der Waals surface area contributed by atoms with E-state index in [0.717, 1.165) is 33.4 Å². The molecule has 0 fully saturated rings. The first kappa shape index (κ1) is 37.1. The van der Waals surface area contributed by atoms with E-state index in [4.69, 9.17) is 9.47 Å². The van der Waals surface area contributed by atoms with Crippen LogP contribution in [0, 0.1) is 11.8 Å². The highest BCUT2D eigenvalue weighted by atomic mass is 32.1. The van der Waals surface area contributed by atoms with Crippen LogP contribution in [0.25, 0.3) is 11.1 Å². The van der Waals surface area contributed by atoms with E-state index in [1.165, 1.54) is 0 Å². The van der Waals surface area contributed by atoms with Gasteiger partial charge in [-0.2, -0.15) is 11.3 Å². The smallest absolute Gasteiger partial charge is 0.329 e. The van der Waals surface area contributed by atoms with E-state index in [9.17, 15) is 14.4 Å². The highest BCUT2D eigenvalue weighted by Crippen LogP contribution is 2.23. The molecule has 1 N–H and O–H groups in total. The minimum atomic E-state index is -0.948. The van der Waals surface area contributed by atoms with Gasteiger partial charge >= 0.3 is 18.0 Å². The van der Waals surface area contributed by atoms with Gasteiger partial charge in [0.25, 0.3) is 0 Å². The van der Waals surface area contributed by atoms with Crippen LogP contribution in [0.5, 0.6) is 0 Å². The first-order chi connectivity index (χ1) is 24.8. The largest absolute Gasteiger partial charge is 0.461 e. The fourth-order valence-electron chi connectivity index (χ4n) is 5.82. The number of urea groups is 1. The molecule has 0 aliphatic heterocycles. The Kier molecular flexibility index (Phi) is 14.0. The number of rotatable bonds is 17. The molecule has 0 aliphatic rings. The maximum atomic E-state index is 14.1. The van der Waals surface area contributed by atoms with Crippen molar-refractivity contribution in [1.82, 2.24) is 10.2 Å². The van der Waals surface area contributed by atoms with Crippen LogP contribution in [-0.4, -0.2) is 42.0 Å². The van der Waals surface area contributed by atoms with Crippen LogP contribution in [0.4, 0.5) is 4.79 Å². The van der Waals surface area contributed by atoms with E-state index < -0.39 is 24.0 Å². The van der Waals surface area contributed by atoms with E-state index in [1.807, 2.05) is 134 Å². The lowest BCUT2D eigenvalue weighted by Gasteiger charge is -2.30. The van der Waals surface area contributed by atoms with Gasteiger partial charge in [0.15, 0.2) is 0 Å². The van der Waals surface area contributed by atoms with Crippen molar-refractivity contribution in [3.63, 3.8) is 0 Å². The van der Waals surface area contributed by atoms with Crippen LogP contribution < -0.4 is 5.32 Å². The molecular formula is C43H46N2O5S. The van der Waals surface area contributed by atoms with Crippen LogP contribution in [0.15, 0.2) is 132 Å². The average molecular weight is 703 g/mol. The Balaban J connectivity index is 1.33. The molecule has 1 unspecified atom stereocenters. The number of benzene rings is 4. The molecule has 2 atom stereocenters. The number of nitrogens with one attached hydrogen (secondary N) is 1. The molecular weight excluding hydrogens is 657 g/mol. The van der Waals surface area contributed by atoms with Gasteiger partial charge < -0.3 is 19.7 Å². The maximum Gasteiger partial charge on any atom is 0.329 e. The summed E-state index contributed by atoms with van der Waals surface area (Å²) in [5.74, 6) is -1.35. The molecule has 0 saturated heterocycles. The lowest BCUT2D eigenvalue weighted by Crippen LogP contribution is -2.52. The molecule has 1 heterocycles. The molecule has 8 heteroatoms. The van der Waals surface area contributed by atoms with Gasteiger partial charge in [-0.1, -0.05) is 129 Å². The number of esters is 2. The predicted molar refractivity (Wildman–Crippen MR) is 203 cm³/mol. The van der Waals surface area contributed by atoms with Crippen molar-refractivity contribution in [3.05, 3.63) is 154 Å². The Labute approximate surface area is 305 Å². The fraction of sp³-hybridized carbons (Fsp3) is 0.279. The topological polar surface area (TPSA) is 84.9 Å². The molecule has 0 spiro atoms. The Morgan fingerprint density at radius 3 is 1.76 bits per heavy atom. The molecule has 2 amide bonds. The van der Waals surface area contributed by atoms with Gasteiger partial charge in [0.2, 0.25) is 0 Å². The van der Waals surface area contributed by atoms with Crippen LogP contribution in [0.1, 0.15) is 42.5 Å². The van der Waals surface area contributed by atoms with Crippen molar-refractivity contribution in [3.8, 4) is 11.1 Å². The SMILES string of the molecule is CC(C)CN(CC(CCc1ccccc1)C(=O)OCc1ccccc1)C(=O)N[C@@H](Cc1ccc(-c2ccsc2)cc1)C(=O)OCc1ccccc1. The summed E-state index contributed by atoms with van der Waals surface area (Å²) in [5.41, 5.74) is 5.95. The Bertz CT molecular complexity index is 1780. The highest BCUT2D eigenvalue weighted by Gasteiger charge is 2.30. The number of ether oxygens (including phenoxy) is 2. The second kappa shape index (κ2) is 19.3. The first-order valence-corrected chi connectivity index (χ1v) is 18.4. The Morgan fingerprint density at radius 2 is 1.22 bits per heavy atom. The van der Waals surface area contributed by atoms with Crippen LogP contribution in [-0.2, 0) is 45.1 Å². The molecule has 51 heavy (non-hydrogen) atoms. The average Bonchev–Trinajstić information content (AvgIpc) is 3.70. The van der Waals surface area contributed by atoms with E-state index in [2.05, 4.69) is 16.8 Å². The quantitative estimate of drug-likeness (QED) is 0.0981. The minimum absolute atomic E-state index is 0.0909. The second-order valence-corrected chi connectivity index (χ2v) is 13.9. The number of hydrogen-bond donors (Lipinski definition) is 1. The summed E-state index contributed by atoms with van der Waals surface area (Å²) in [6.45, 7) is 4.82. The van der Waals surface area contributed by atoms with Crippen molar-refractivity contribution in [2.45, 2.75) is 52.4 Å². The van der Waals surface area contributed by atoms with Gasteiger partial charge in [-0.3, -0.25) is 4.79 Å². The van der Waals surface area contributed by atoms with Gasteiger partial charge in [-0.25, -0.2) is 9.59 Å². The molecule has 5 aromatic rings. The molecule has 7 nitrogen and oxygen atoms in total. The number of nitrogens with zero attached hydrogens (tertiary/aromatic N) is 1. The van der Waals surface area contributed by atoms with Gasteiger partial charge in [0, 0.05) is 19.5 Å². The highest BCUT2D eigenvalue weighted by molar-refractivity contribution is 7.08. The van der Waals surface area contributed by atoms with Crippen molar-refractivity contribution in [2.75, 3.05) is 13.1 Å². The molecule has 0 radical (unpaired) electrons. The third-order valence-electron chi connectivity index (χ3n) is 8.55. The first-order valence-electron chi connectivity index (χ1n) is 17.5. The molecule has 264 valence electrons. The summed E-state index contributed by atoms with van der Waals surface area (Å²) in [5, 5.41) is 7.11. The van der Waals surface area contributed by atoms with Crippen LogP contribution in [0.2, 0.25) is 0 Å². The standard InChI is InChI=1S/C43H46N2O5S/c1-32(2)27-45(28-38(23-18-33-12-6-3-7-13-33)41(46)49-29-35-14-8-4-9-15-35)43(48)44-40(42(47)50-30-36-16-10-5-11-17-36)26-34-19-21-37(22-20-34)39-24-25-51-31-39/h3-17,19-22,24-25,31-32,38,40H,18,23,26-30H2,1-2H3,(H,44,48)/t38?,40-/m0/s1. The van der Waals surface area contributed by atoms with Crippen molar-refractivity contribution in [2.24, 2.45) is 11.8 Å². The number of carbonyl (C=O) groups excluding carboxylic acids is 3. The summed E-state index contributed by atoms with van der Waals surface area (Å²) in [6.07, 6.45) is 1.40. The number of hydrogen-bond acceptors (Lipinski definition) is 6. The number of carbonyl (C=O) groups is 3. The van der Waals surface area contributed by atoms with Gasteiger partial charge in [-0.15, -0.1) is 0 Å². The van der Waals surface area contributed by atoms with E-state index >= 15 is 0 Å². The molecule has 0 bridgehead atoms. The van der Waals surface area contributed by atoms with Crippen molar-refractivity contribution < 1.29 is 23.9 Å². The van der Waals surface area contributed by atoms with Crippen LogP contribution in [0.3, 0.4) is 0 Å². The van der Waals surface area contributed by atoms with Gasteiger partial charge in [0.1, 0.15) is 19.3 Å². The lowest BCUT2D eigenvalue weighted by atomic mass is 9.98. The Morgan fingerprint density at radius 1 is 0.647 bits per heavy atom. The normalized spacial score (nSPS) is 12.1. The van der Waals surface area contributed by atoms with Crippen molar-refractivity contribution >= 4 is 29.3 Å². The zero-order chi connectivity index (χ0) is 35.8. The minimum Gasteiger partial charge on any atom is -0.461 e. The lowest BCUT2D eigenvalue weighted by molar-refractivity contribution is -0.151. The molecule has 1 aromatic heterocycles. The van der Waals surface area contributed by atoms with Crippen molar-refractivity contribution in [1.29, 1.82) is 0 Å². The van der Waals surface area contributed by atoms with E-state index in [0.29, 0.717) is 19.4 Å². The number of thiophene rings is 1. The zero-order valence-electron chi connectivity index (χ0n) is 29.3. The molecule has 0 saturated carbocycles. The molecule has 5 rings (SSSR count). The summed E-state index contributed by atoms with van der Waals surface area (Å²) >= 11 is 1.64. The molecule has 4 aromatic carbocycles. The van der Waals surface area contributed by atoms with Crippen LogP contribution >= 0.6 is 11.3 Å². The summed E-state index contributed by atoms with van der Waals surface area (Å²) in [6, 6.07) is 37.7. The van der Waals surface area contributed by atoms with E-state index in [1.54, 1.807) is 16.2 Å². The van der Waals surface area contributed by atoms with Gasteiger partial charge in [-0.05, 0) is 69.0 Å². The summed E-state index contributed by atoms with van der Waals surface area (Å²) in [7, 11) is 0. The Hall–Kier alpha value is -5.21. The number of amides is 2. The fourth-order valence-corrected chi connectivity index (χ4v) is 6.49. The zero-order valence-corrected chi connectivity index (χ0v) is 30.1. The summed E-state index contributed by atoms with van der Waals surface area (Å²) < 4.78 is 11.5. The summed E-state index contributed by atoms with van der Waals surface area (Å²) in [4.78, 5) is 43.0. The third-order valence-corrected chi connectivity index (χ3v) is 9.23. The van der Waals surface area contributed by atoms with E-state index in [-0.39, 0.29) is 38.1 Å². The predicted octanol–water partition coefficient (Wildman–Crippen LogP) is 8.73. The van der Waals surface area contributed by atoms with Gasteiger partial charge in [0.05, 0.1) is 5.92 Å². The third kappa shape index (κ3) is 12.0. The monoisotopic (exact) mass is 702 g/mol. The number of aryl methyl sites for hydroxylation is 1. The second-order valence-electron chi connectivity index (χ2n) is 13.1. The maximum absolute atomic E-state index is 14.1. The molecule has 0 aliphatic carbocycles.